The summed E-state index contributed by atoms with van der Waals surface area (Å²) in [5, 5.41) is 1.16. The van der Waals surface area contributed by atoms with Crippen LogP contribution in [0.15, 0.2) is 72.3 Å². The molecule has 0 heterocycles. The predicted octanol–water partition coefficient (Wildman–Crippen LogP) is 6.39. The van der Waals surface area contributed by atoms with Crippen molar-refractivity contribution < 1.29 is 9.53 Å². The number of para-hydroxylation sites is 1. The Morgan fingerprint density at radius 1 is 0.963 bits per heavy atom. The number of carbonyl (C=O) groups excluding carboxylic acids is 1. The van der Waals surface area contributed by atoms with E-state index in [9.17, 15) is 4.79 Å². The number of rotatable bonds is 4. The molecule has 1 aliphatic rings. The second-order valence-corrected chi connectivity index (χ2v) is 7.24. The van der Waals surface area contributed by atoms with E-state index in [4.69, 9.17) is 27.9 Å². The normalized spacial score (nSPS) is 14.4. The fourth-order valence-electron chi connectivity index (χ4n) is 3.18. The van der Waals surface area contributed by atoms with E-state index in [-0.39, 0.29) is 5.78 Å². The minimum atomic E-state index is 0.0844. The highest BCUT2D eigenvalue weighted by atomic mass is 35.5. The number of fused-ring (bicyclic) bond motifs is 1. The van der Waals surface area contributed by atoms with E-state index in [2.05, 4.69) is 0 Å². The zero-order valence-electron chi connectivity index (χ0n) is 14.4. The lowest BCUT2D eigenvalue weighted by Gasteiger charge is -2.11. The lowest BCUT2D eigenvalue weighted by Crippen LogP contribution is -1.99. The molecule has 3 aromatic carbocycles. The molecule has 0 bridgehead atoms. The summed E-state index contributed by atoms with van der Waals surface area (Å²) in [6.45, 7) is 0.324. The molecule has 0 atom stereocenters. The zero-order valence-corrected chi connectivity index (χ0v) is 15.9. The van der Waals surface area contributed by atoms with E-state index in [1.807, 2.05) is 60.7 Å². The predicted molar refractivity (Wildman–Crippen MR) is 110 cm³/mol. The smallest absolute Gasteiger partial charge is 0.189 e. The number of allylic oxidation sites excluding steroid dienone is 1. The van der Waals surface area contributed by atoms with Crippen LogP contribution in [0.4, 0.5) is 0 Å². The Hall–Kier alpha value is -2.55. The van der Waals surface area contributed by atoms with Gasteiger partial charge in [-0.05, 0) is 29.8 Å². The second kappa shape index (κ2) is 7.59. The molecule has 0 saturated carbocycles. The van der Waals surface area contributed by atoms with Crippen LogP contribution in [0.5, 0.6) is 5.75 Å². The summed E-state index contributed by atoms with van der Waals surface area (Å²) in [6.07, 6.45) is 2.56. The van der Waals surface area contributed by atoms with Gasteiger partial charge in [0, 0.05) is 38.7 Å². The maximum absolute atomic E-state index is 12.6. The van der Waals surface area contributed by atoms with E-state index >= 15 is 0 Å². The van der Waals surface area contributed by atoms with Crippen molar-refractivity contribution in [2.24, 2.45) is 0 Å². The summed E-state index contributed by atoms with van der Waals surface area (Å²) >= 11 is 12.2. The van der Waals surface area contributed by atoms with Gasteiger partial charge in [-0.25, -0.2) is 0 Å². The van der Waals surface area contributed by atoms with Crippen LogP contribution in [0.2, 0.25) is 10.0 Å². The van der Waals surface area contributed by atoms with E-state index in [1.54, 1.807) is 12.1 Å². The van der Waals surface area contributed by atoms with E-state index in [0.29, 0.717) is 28.8 Å². The number of hydrogen-bond donors (Lipinski definition) is 0. The standard InChI is InChI=1S/C23H16Cl2O2/c24-19-10-9-17(21(25)13-19)14-27-22-8-4-2-6-16(22)12-18-11-15-5-1-3-7-20(15)23(18)26/h1-10,12-13H,11,14H2/b18-12+. The molecule has 0 N–H and O–H groups in total. The van der Waals surface area contributed by atoms with E-state index in [0.717, 1.165) is 27.8 Å². The second-order valence-electron chi connectivity index (χ2n) is 6.39. The Bertz CT molecular complexity index is 1050. The molecule has 0 saturated heterocycles. The van der Waals surface area contributed by atoms with Crippen LogP contribution in [0.3, 0.4) is 0 Å². The largest absolute Gasteiger partial charge is 0.488 e. The van der Waals surface area contributed by atoms with Gasteiger partial charge in [-0.1, -0.05) is 71.7 Å². The summed E-state index contributed by atoms with van der Waals surface area (Å²) < 4.78 is 5.98. The average Bonchev–Trinajstić information content (AvgIpc) is 2.98. The number of ketones is 1. The van der Waals surface area contributed by atoms with Gasteiger partial charge in [0.1, 0.15) is 12.4 Å². The van der Waals surface area contributed by atoms with Gasteiger partial charge in [0.15, 0.2) is 5.78 Å². The lowest BCUT2D eigenvalue weighted by molar-refractivity contribution is 0.104. The fourth-order valence-corrected chi connectivity index (χ4v) is 3.65. The number of carbonyl (C=O) groups is 1. The zero-order chi connectivity index (χ0) is 18.8. The van der Waals surface area contributed by atoms with Gasteiger partial charge in [0.25, 0.3) is 0 Å². The molecule has 2 nitrogen and oxygen atoms in total. The van der Waals surface area contributed by atoms with Crippen molar-refractivity contribution in [3.63, 3.8) is 0 Å². The first-order valence-corrected chi connectivity index (χ1v) is 9.36. The van der Waals surface area contributed by atoms with Crippen molar-refractivity contribution >= 4 is 35.1 Å². The van der Waals surface area contributed by atoms with Gasteiger partial charge in [0.2, 0.25) is 0 Å². The minimum absolute atomic E-state index is 0.0844. The van der Waals surface area contributed by atoms with E-state index < -0.39 is 0 Å². The average molecular weight is 395 g/mol. The summed E-state index contributed by atoms with van der Waals surface area (Å²) in [6, 6.07) is 20.7. The number of benzene rings is 3. The molecule has 0 fully saturated rings. The third-order valence-corrected chi connectivity index (χ3v) is 5.17. The molecule has 0 amide bonds. The summed E-state index contributed by atoms with van der Waals surface area (Å²) in [7, 11) is 0. The van der Waals surface area contributed by atoms with Crippen LogP contribution in [0.25, 0.3) is 6.08 Å². The van der Waals surface area contributed by atoms with Gasteiger partial charge in [0.05, 0.1) is 0 Å². The van der Waals surface area contributed by atoms with Crippen LogP contribution in [-0.4, -0.2) is 5.78 Å². The van der Waals surface area contributed by atoms with Crippen molar-refractivity contribution in [2.45, 2.75) is 13.0 Å². The molecule has 4 heteroatoms. The van der Waals surface area contributed by atoms with Crippen molar-refractivity contribution in [3.8, 4) is 5.75 Å². The van der Waals surface area contributed by atoms with Gasteiger partial charge >= 0.3 is 0 Å². The van der Waals surface area contributed by atoms with Crippen molar-refractivity contribution in [2.75, 3.05) is 0 Å². The molecule has 0 radical (unpaired) electrons. The maximum atomic E-state index is 12.6. The Morgan fingerprint density at radius 2 is 1.74 bits per heavy atom. The molecule has 0 spiro atoms. The Kier molecular flexibility index (Phi) is 5.02. The monoisotopic (exact) mass is 394 g/mol. The van der Waals surface area contributed by atoms with Gasteiger partial charge in [-0.3, -0.25) is 4.79 Å². The number of hydrogen-bond acceptors (Lipinski definition) is 2. The topological polar surface area (TPSA) is 26.3 Å². The molecule has 3 aromatic rings. The number of Topliss-reactive ketones (excluding diaryl/α,β-unsaturated/α-hetero) is 1. The summed E-state index contributed by atoms with van der Waals surface area (Å²) in [4.78, 5) is 12.6. The van der Waals surface area contributed by atoms with Crippen molar-refractivity contribution in [1.82, 2.24) is 0 Å². The highest BCUT2D eigenvalue weighted by molar-refractivity contribution is 6.35. The third-order valence-electron chi connectivity index (χ3n) is 4.58. The molecular formula is C23H16Cl2O2. The first kappa shape index (κ1) is 17.8. The molecule has 4 rings (SSSR count). The first-order chi connectivity index (χ1) is 13.1. The third kappa shape index (κ3) is 3.78. The highest BCUT2D eigenvalue weighted by Crippen LogP contribution is 2.30. The number of halogens is 2. The molecule has 27 heavy (non-hydrogen) atoms. The lowest BCUT2D eigenvalue weighted by atomic mass is 10.1. The van der Waals surface area contributed by atoms with Crippen molar-refractivity contribution in [1.29, 1.82) is 0 Å². The molecule has 0 unspecified atom stereocenters. The van der Waals surface area contributed by atoms with Gasteiger partial charge in [-0.2, -0.15) is 0 Å². The summed E-state index contributed by atoms with van der Waals surface area (Å²) in [5.74, 6) is 0.793. The Balaban J connectivity index is 1.58. The van der Waals surface area contributed by atoms with Crippen LogP contribution in [0, 0.1) is 0 Å². The Morgan fingerprint density at radius 3 is 2.56 bits per heavy atom. The number of ether oxygens (including phenoxy) is 1. The van der Waals surface area contributed by atoms with E-state index in [1.165, 1.54) is 0 Å². The van der Waals surface area contributed by atoms with Crippen LogP contribution in [0.1, 0.15) is 27.0 Å². The fraction of sp³-hybridized carbons (Fsp3) is 0.0870. The quantitative estimate of drug-likeness (QED) is 0.478. The minimum Gasteiger partial charge on any atom is -0.488 e. The van der Waals surface area contributed by atoms with Crippen LogP contribution < -0.4 is 4.74 Å². The van der Waals surface area contributed by atoms with Crippen LogP contribution in [-0.2, 0) is 13.0 Å². The molecule has 0 aliphatic heterocycles. The van der Waals surface area contributed by atoms with Crippen LogP contribution >= 0.6 is 23.2 Å². The van der Waals surface area contributed by atoms with Gasteiger partial charge < -0.3 is 4.74 Å². The first-order valence-electron chi connectivity index (χ1n) is 8.61. The van der Waals surface area contributed by atoms with Crippen molar-refractivity contribution in [3.05, 3.63) is 105 Å². The maximum Gasteiger partial charge on any atom is 0.189 e. The molecule has 134 valence electrons. The molecule has 0 aromatic heterocycles. The summed E-state index contributed by atoms with van der Waals surface area (Å²) in [5.41, 5.74) is 4.36. The highest BCUT2D eigenvalue weighted by Gasteiger charge is 2.24. The van der Waals surface area contributed by atoms with Gasteiger partial charge in [-0.15, -0.1) is 0 Å². The molecular weight excluding hydrogens is 379 g/mol. The molecule has 1 aliphatic carbocycles. The SMILES string of the molecule is O=C1/C(=C/c2ccccc2OCc2ccc(Cl)cc2Cl)Cc2ccccc21. The Labute approximate surface area is 168 Å².